The molecule has 14 heavy (non-hydrogen) atoms. The minimum absolute atomic E-state index is 0.645. The van der Waals surface area contributed by atoms with E-state index in [0.29, 0.717) is 6.54 Å². The zero-order chi connectivity index (χ0) is 10.8. The second kappa shape index (κ2) is 8.38. The van der Waals surface area contributed by atoms with Crippen LogP contribution in [-0.4, -0.2) is 20.2 Å². The fourth-order valence-electron chi connectivity index (χ4n) is 0.925. The third-order valence-corrected chi connectivity index (χ3v) is 1.56. The van der Waals surface area contributed by atoms with E-state index in [1.54, 1.807) is 7.11 Å². The number of hydrogen-bond donors (Lipinski definition) is 2. The van der Waals surface area contributed by atoms with Gasteiger partial charge in [0.2, 0.25) is 0 Å². The molecule has 0 bridgehead atoms. The maximum Gasteiger partial charge on any atom is 0.119 e. The average Bonchev–Trinajstić information content (AvgIpc) is 2.30. The van der Waals surface area contributed by atoms with Gasteiger partial charge in [0.1, 0.15) is 5.75 Å². The summed E-state index contributed by atoms with van der Waals surface area (Å²) in [6, 6.07) is 7.76. The van der Waals surface area contributed by atoms with Gasteiger partial charge in [-0.3, -0.25) is 0 Å². The van der Waals surface area contributed by atoms with Crippen LogP contribution >= 0.6 is 0 Å². The van der Waals surface area contributed by atoms with Gasteiger partial charge in [-0.2, -0.15) is 0 Å². The third-order valence-electron chi connectivity index (χ3n) is 1.56. The van der Waals surface area contributed by atoms with Gasteiger partial charge in [0.15, 0.2) is 0 Å². The molecule has 1 rings (SSSR count). The van der Waals surface area contributed by atoms with Gasteiger partial charge in [0, 0.05) is 18.8 Å². The van der Waals surface area contributed by atoms with Crippen LogP contribution in [0.2, 0.25) is 0 Å². The van der Waals surface area contributed by atoms with Gasteiger partial charge in [0.25, 0.3) is 0 Å². The highest BCUT2D eigenvalue weighted by atomic mass is 16.5. The average molecular weight is 196 g/mol. The highest BCUT2D eigenvalue weighted by molar-refractivity contribution is 5.46. The van der Waals surface area contributed by atoms with E-state index >= 15 is 0 Å². The fraction of sp³-hybridized carbons (Fsp3) is 0.455. The summed E-state index contributed by atoms with van der Waals surface area (Å²) >= 11 is 0. The Labute approximate surface area is 86.3 Å². The molecule has 80 valence electrons. The molecule has 0 unspecified atom stereocenters. The van der Waals surface area contributed by atoms with Crippen LogP contribution in [0.3, 0.4) is 0 Å². The van der Waals surface area contributed by atoms with Crippen molar-refractivity contribution < 1.29 is 4.74 Å². The molecule has 0 spiro atoms. The van der Waals surface area contributed by atoms with E-state index in [9.17, 15) is 0 Å². The summed E-state index contributed by atoms with van der Waals surface area (Å²) in [4.78, 5) is 0. The number of methoxy groups -OCH3 is 1. The summed E-state index contributed by atoms with van der Waals surface area (Å²) < 4.78 is 5.02. The van der Waals surface area contributed by atoms with Crippen LogP contribution in [-0.2, 0) is 0 Å². The Morgan fingerprint density at radius 2 is 1.79 bits per heavy atom. The molecule has 0 atom stereocenters. The molecular weight excluding hydrogens is 176 g/mol. The lowest BCUT2D eigenvalue weighted by atomic mass is 10.3. The summed E-state index contributed by atoms with van der Waals surface area (Å²) in [5.41, 5.74) is 6.42. The Bertz CT molecular complexity index is 221. The zero-order valence-corrected chi connectivity index (χ0v) is 9.21. The quantitative estimate of drug-likeness (QED) is 0.775. The Balaban J connectivity index is 0.000000791. The maximum absolute atomic E-state index is 5.35. The number of anilines is 1. The number of hydrogen-bond acceptors (Lipinski definition) is 3. The predicted octanol–water partition coefficient (Wildman–Crippen LogP) is 2.09. The zero-order valence-electron chi connectivity index (χ0n) is 9.21. The van der Waals surface area contributed by atoms with Crippen molar-refractivity contribution in [2.75, 3.05) is 25.5 Å². The minimum Gasteiger partial charge on any atom is -0.497 e. The van der Waals surface area contributed by atoms with E-state index in [4.69, 9.17) is 10.5 Å². The SMILES string of the molecule is CC.COc1ccc(NCCN)cc1. The van der Waals surface area contributed by atoms with Crippen molar-refractivity contribution in [3.63, 3.8) is 0 Å². The van der Waals surface area contributed by atoms with Crippen molar-refractivity contribution in [2.24, 2.45) is 5.73 Å². The monoisotopic (exact) mass is 196 g/mol. The van der Waals surface area contributed by atoms with Gasteiger partial charge in [-0.15, -0.1) is 0 Å². The van der Waals surface area contributed by atoms with E-state index < -0.39 is 0 Å². The summed E-state index contributed by atoms with van der Waals surface area (Å²) in [5.74, 6) is 0.869. The number of nitrogens with one attached hydrogen (secondary N) is 1. The summed E-state index contributed by atoms with van der Waals surface area (Å²) in [7, 11) is 1.66. The van der Waals surface area contributed by atoms with Crippen molar-refractivity contribution in [2.45, 2.75) is 13.8 Å². The Morgan fingerprint density at radius 1 is 1.21 bits per heavy atom. The molecule has 0 saturated carbocycles. The van der Waals surface area contributed by atoms with Crippen LogP contribution < -0.4 is 15.8 Å². The first-order valence-corrected chi connectivity index (χ1v) is 4.95. The molecule has 3 nitrogen and oxygen atoms in total. The van der Waals surface area contributed by atoms with Gasteiger partial charge in [-0.1, -0.05) is 13.8 Å². The molecule has 1 aromatic carbocycles. The second-order valence-electron chi connectivity index (χ2n) is 2.44. The van der Waals surface area contributed by atoms with E-state index in [-0.39, 0.29) is 0 Å². The molecule has 0 radical (unpaired) electrons. The van der Waals surface area contributed by atoms with E-state index in [2.05, 4.69) is 5.32 Å². The number of benzene rings is 1. The first-order valence-electron chi connectivity index (χ1n) is 4.95. The molecule has 1 aromatic rings. The summed E-state index contributed by atoms with van der Waals surface area (Å²) in [5, 5.41) is 3.17. The highest BCUT2D eigenvalue weighted by Gasteiger charge is 1.91. The number of ether oxygens (including phenoxy) is 1. The molecule has 0 aliphatic rings. The smallest absolute Gasteiger partial charge is 0.119 e. The topological polar surface area (TPSA) is 47.3 Å². The lowest BCUT2D eigenvalue weighted by Gasteiger charge is -2.04. The van der Waals surface area contributed by atoms with Gasteiger partial charge >= 0.3 is 0 Å². The van der Waals surface area contributed by atoms with Crippen LogP contribution in [0.5, 0.6) is 5.75 Å². The first-order chi connectivity index (χ1) is 6.86. The molecule has 0 amide bonds. The third kappa shape index (κ3) is 4.72. The van der Waals surface area contributed by atoms with E-state index in [1.807, 2.05) is 38.1 Å². The Kier molecular flexibility index (Phi) is 7.65. The lowest BCUT2D eigenvalue weighted by molar-refractivity contribution is 0.415. The Morgan fingerprint density at radius 3 is 2.21 bits per heavy atom. The maximum atomic E-state index is 5.35. The van der Waals surface area contributed by atoms with Crippen molar-refractivity contribution in [1.29, 1.82) is 0 Å². The van der Waals surface area contributed by atoms with Crippen molar-refractivity contribution in [3.8, 4) is 5.75 Å². The van der Waals surface area contributed by atoms with Crippen LogP contribution in [0.25, 0.3) is 0 Å². The van der Waals surface area contributed by atoms with E-state index in [0.717, 1.165) is 18.0 Å². The van der Waals surface area contributed by atoms with Crippen molar-refractivity contribution in [1.82, 2.24) is 0 Å². The molecule has 0 heterocycles. The Hall–Kier alpha value is -1.22. The van der Waals surface area contributed by atoms with Gasteiger partial charge < -0.3 is 15.8 Å². The van der Waals surface area contributed by atoms with Crippen LogP contribution in [0.1, 0.15) is 13.8 Å². The highest BCUT2D eigenvalue weighted by Crippen LogP contribution is 2.14. The van der Waals surface area contributed by atoms with Crippen molar-refractivity contribution in [3.05, 3.63) is 24.3 Å². The van der Waals surface area contributed by atoms with Crippen LogP contribution in [0.4, 0.5) is 5.69 Å². The van der Waals surface area contributed by atoms with Crippen LogP contribution in [0, 0.1) is 0 Å². The summed E-state index contributed by atoms with van der Waals surface area (Å²) in [6.45, 7) is 5.44. The van der Waals surface area contributed by atoms with Crippen LogP contribution in [0.15, 0.2) is 24.3 Å². The minimum atomic E-state index is 0.645. The molecule has 3 N–H and O–H groups in total. The standard InChI is InChI=1S/C9H14N2O.C2H6/c1-12-9-4-2-8(3-5-9)11-7-6-10;1-2/h2-5,11H,6-7,10H2,1H3;1-2H3. The molecular formula is C11H20N2O. The molecule has 3 heteroatoms. The van der Waals surface area contributed by atoms with Gasteiger partial charge in [-0.05, 0) is 24.3 Å². The molecule has 0 fully saturated rings. The largest absolute Gasteiger partial charge is 0.497 e. The van der Waals surface area contributed by atoms with E-state index in [1.165, 1.54) is 0 Å². The fourth-order valence-corrected chi connectivity index (χ4v) is 0.925. The van der Waals surface area contributed by atoms with Crippen molar-refractivity contribution >= 4 is 5.69 Å². The normalized spacial score (nSPS) is 8.57. The number of nitrogens with two attached hydrogens (primary N) is 1. The first kappa shape index (κ1) is 12.8. The predicted molar refractivity (Wildman–Crippen MR) is 61.9 cm³/mol. The summed E-state index contributed by atoms with van der Waals surface area (Å²) in [6.07, 6.45) is 0. The second-order valence-corrected chi connectivity index (χ2v) is 2.44. The molecule has 0 saturated heterocycles. The molecule has 0 aliphatic heterocycles. The lowest BCUT2D eigenvalue weighted by Crippen LogP contribution is -2.12. The van der Waals surface area contributed by atoms with Gasteiger partial charge in [0.05, 0.1) is 7.11 Å². The molecule has 0 aromatic heterocycles. The molecule has 0 aliphatic carbocycles. The number of rotatable bonds is 4. The van der Waals surface area contributed by atoms with Gasteiger partial charge in [-0.25, -0.2) is 0 Å².